The van der Waals surface area contributed by atoms with Gasteiger partial charge >= 0.3 is 0 Å². The van der Waals surface area contributed by atoms with E-state index in [0.717, 1.165) is 51.6 Å². The monoisotopic (exact) mass is 303 g/mol. The van der Waals surface area contributed by atoms with Gasteiger partial charge in [0.1, 0.15) is 0 Å². The minimum absolute atomic E-state index is 0. The number of hydrogen-bond donors (Lipinski definition) is 2. The molecule has 2 rings (SSSR count). The first-order valence-electron chi connectivity index (χ1n) is 7.50. The summed E-state index contributed by atoms with van der Waals surface area (Å²) < 4.78 is 0. The van der Waals surface area contributed by atoms with E-state index in [0.29, 0.717) is 13.1 Å². The van der Waals surface area contributed by atoms with Crippen LogP contribution in [0, 0.1) is 11.8 Å². The Morgan fingerprint density at radius 2 is 1.65 bits per heavy atom. The van der Waals surface area contributed by atoms with E-state index in [1.54, 1.807) is 0 Å². The highest BCUT2D eigenvalue weighted by Gasteiger charge is 2.38. The van der Waals surface area contributed by atoms with E-state index >= 15 is 0 Å². The minimum Gasteiger partial charge on any atom is -0.355 e. The van der Waals surface area contributed by atoms with E-state index < -0.39 is 0 Å². The van der Waals surface area contributed by atoms with Crippen LogP contribution >= 0.6 is 12.4 Å². The number of nitrogens with one attached hydrogen (secondary N) is 1. The van der Waals surface area contributed by atoms with Crippen LogP contribution in [0.1, 0.15) is 38.5 Å². The number of carbonyl (C=O) groups is 2. The normalized spacial score (nSPS) is 25.9. The van der Waals surface area contributed by atoms with Crippen molar-refractivity contribution >= 4 is 24.2 Å². The smallest absolute Gasteiger partial charge is 0.226 e. The lowest BCUT2D eigenvalue weighted by atomic mass is 9.78. The molecule has 2 aliphatic rings. The molecule has 2 amide bonds. The number of amides is 2. The van der Waals surface area contributed by atoms with E-state index in [9.17, 15) is 9.59 Å². The first-order chi connectivity index (χ1) is 9.24. The molecule has 116 valence electrons. The van der Waals surface area contributed by atoms with Crippen molar-refractivity contribution in [2.24, 2.45) is 17.6 Å². The summed E-state index contributed by atoms with van der Waals surface area (Å²) in [4.78, 5) is 26.6. The third kappa shape index (κ3) is 4.09. The second-order valence-electron chi connectivity index (χ2n) is 5.61. The Morgan fingerprint density at radius 1 is 1.05 bits per heavy atom. The highest BCUT2D eigenvalue weighted by atomic mass is 35.5. The second-order valence-corrected chi connectivity index (χ2v) is 5.61. The van der Waals surface area contributed by atoms with Gasteiger partial charge in [-0.2, -0.15) is 0 Å². The lowest BCUT2D eigenvalue weighted by molar-refractivity contribution is -0.142. The van der Waals surface area contributed by atoms with Crippen molar-refractivity contribution in [1.82, 2.24) is 10.2 Å². The lowest BCUT2D eigenvalue weighted by Crippen LogP contribution is -2.45. The molecular weight excluding hydrogens is 278 g/mol. The zero-order valence-electron chi connectivity index (χ0n) is 12.0. The molecule has 1 aliphatic carbocycles. The van der Waals surface area contributed by atoms with Crippen LogP contribution in [0.2, 0.25) is 0 Å². The zero-order valence-corrected chi connectivity index (χ0v) is 12.8. The van der Waals surface area contributed by atoms with Gasteiger partial charge in [-0.05, 0) is 25.7 Å². The lowest BCUT2D eigenvalue weighted by Gasteiger charge is -2.32. The molecule has 20 heavy (non-hydrogen) atoms. The number of carbonyl (C=O) groups excluding carboxylic acids is 2. The van der Waals surface area contributed by atoms with Gasteiger partial charge in [0, 0.05) is 38.0 Å². The molecule has 1 saturated heterocycles. The zero-order chi connectivity index (χ0) is 13.7. The van der Waals surface area contributed by atoms with Gasteiger partial charge in [0.2, 0.25) is 11.8 Å². The van der Waals surface area contributed by atoms with Gasteiger partial charge in [-0.1, -0.05) is 12.8 Å². The van der Waals surface area contributed by atoms with Crippen LogP contribution in [0.4, 0.5) is 0 Å². The van der Waals surface area contributed by atoms with E-state index in [2.05, 4.69) is 5.32 Å². The fourth-order valence-corrected chi connectivity index (χ4v) is 3.24. The average molecular weight is 304 g/mol. The number of halogens is 1. The van der Waals surface area contributed by atoms with Crippen molar-refractivity contribution in [2.75, 3.05) is 26.2 Å². The Bertz CT molecular complexity index is 332. The maximum Gasteiger partial charge on any atom is 0.226 e. The molecule has 5 nitrogen and oxygen atoms in total. The molecule has 1 heterocycles. The molecule has 0 aromatic rings. The largest absolute Gasteiger partial charge is 0.355 e. The van der Waals surface area contributed by atoms with E-state index in [-0.39, 0.29) is 36.1 Å². The molecule has 1 saturated carbocycles. The van der Waals surface area contributed by atoms with Gasteiger partial charge < -0.3 is 16.0 Å². The summed E-state index contributed by atoms with van der Waals surface area (Å²) in [6.07, 6.45) is 6.00. The summed E-state index contributed by atoms with van der Waals surface area (Å²) in [6.45, 7) is 2.68. The number of nitrogens with zero attached hydrogens (tertiary/aromatic N) is 1. The standard InChI is InChI=1S/C14H25N3O2.ClH/c15-7-8-16-13(18)11-5-1-2-6-12(11)14(19)17-9-3-4-10-17;/h11-12H,1-10,15H2,(H,16,18);1H. The maximum atomic E-state index is 12.5. The highest BCUT2D eigenvalue weighted by molar-refractivity contribution is 5.88. The van der Waals surface area contributed by atoms with Crippen molar-refractivity contribution in [1.29, 1.82) is 0 Å². The Morgan fingerprint density at radius 3 is 2.25 bits per heavy atom. The van der Waals surface area contributed by atoms with Crippen LogP contribution in [0.5, 0.6) is 0 Å². The summed E-state index contributed by atoms with van der Waals surface area (Å²) in [5, 5.41) is 2.84. The van der Waals surface area contributed by atoms with E-state index in [1.165, 1.54) is 0 Å². The van der Waals surface area contributed by atoms with Gasteiger partial charge in [-0.3, -0.25) is 9.59 Å². The summed E-state index contributed by atoms with van der Waals surface area (Å²) >= 11 is 0. The van der Waals surface area contributed by atoms with Crippen LogP contribution < -0.4 is 11.1 Å². The minimum atomic E-state index is -0.145. The number of hydrogen-bond acceptors (Lipinski definition) is 3. The molecule has 2 unspecified atom stereocenters. The maximum absolute atomic E-state index is 12.5. The van der Waals surface area contributed by atoms with Crippen LogP contribution in [-0.2, 0) is 9.59 Å². The van der Waals surface area contributed by atoms with Gasteiger partial charge in [0.15, 0.2) is 0 Å². The van der Waals surface area contributed by atoms with Crippen molar-refractivity contribution in [3.8, 4) is 0 Å². The molecule has 0 spiro atoms. The molecule has 0 aromatic carbocycles. The average Bonchev–Trinajstić information content (AvgIpc) is 2.98. The second kappa shape index (κ2) is 8.47. The molecule has 6 heteroatoms. The fourth-order valence-electron chi connectivity index (χ4n) is 3.24. The van der Waals surface area contributed by atoms with Crippen LogP contribution in [-0.4, -0.2) is 42.9 Å². The van der Waals surface area contributed by atoms with Gasteiger partial charge in [0.05, 0.1) is 0 Å². The van der Waals surface area contributed by atoms with Crippen molar-refractivity contribution in [2.45, 2.75) is 38.5 Å². The summed E-state index contributed by atoms with van der Waals surface area (Å²) in [7, 11) is 0. The van der Waals surface area contributed by atoms with Gasteiger partial charge in [-0.15, -0.1) is 12.4 Å². The van der Waals surface area contributed by atoms with Crippen LogP contribution in [0.3, 0.4) is 0 Å². The number of likely N-dealkylation sites (tertiary alicyclic amines) is 1. The third-order valence-electron chi connectivity index (χ3n) is 4.28. The predicted molar refractivity (Wildman–Crippen MR) is 80.6 cm³/mol. The van der Waals surface area contributed by atoms with Gasteiger partial charge in [-0.25, -0.2) is 0 Å². The van der Waals surface area contributed by atoms with Crippen LogP contribution in [0.15, 0.2) is 0 Å². The van der Waals surface area contributed by atoms with Crippen molar-refractivity contribution < 1.29 is 9.59 Å². The Balaban J connectivity index is 0.00000200. The molecule has 2 atom stereocenters. The van der Waals surface area contributed by atoms with Crippen LogP contribution in [0.25, 0.3) is 0 Å². The predicted octanol–water partition coefficient (Wildman–Crippen LogP) is 0.912. The molecular formula is C14H26ClN3O2. The fraction of sp³-hybridized carbons (Fsp3) is 0.857. The van der Waals surface area contributed by atoms with E-state index in [4.69, 9.17) is 5.73 Å². The molecule has 3 N–H and O–H groups in total. The Labute approximate surface area is 127 Å². The molecule has 0 aromatic heterocycles. The van der Waals surface area contributed by atoms with Crippen molar-refractivity contribution in [3.05, 3.63) is 0 Å². The third-order valence-corrected chi connectivity index (χ3v) is 4.28. The number of nitrogens with two attached hydrogens (primary N) is 1. The highest BCUT2D eigenvalue weighted by Crippen LogP contribution is 2.32. The molecule has 0 bridgehead atoms. The molecule has 1 aliphatic heterocycles. The first kappa shape index (κ1) is 17.2. The molecule has 2 fully saturated rings. The number of rotatable bonds is 4. The van der Waals surface area contributed by atoms with Gasteiger partial charge in [0.25, 0.3) is 0 Å². The summed E-state index contributed by atoms with van der Waals surface area (Å²) in [5.41, 5.74) is 5.41. The topological polar surface area (TPSA) is 75.4 Å². The molecule has 0 radical (unpaired) electrons. The van der Waals surface area contributed by atoms with Crippen molar-refractivity contribution in [3.63, 3.8) is 0 Å². The Hall–Kier alpha value is -0.810. The Kier molecular flexibility index (Phi) is 7.30. The summed E-state index contributed by atoms with van der Waals surface area (Å²) in [6, 6.07) is 0. The summed E-state index contributed by atoms with van der Waals surface area (Å²) in [5.74, 6) is -0.0363. The quantitative estimate of drug-likeness (QED) is 0.810. The first-order valence-corrected chi connectivity index (χ1v) is 7.50. The SMILES string of the molecule is Cl.NCCNC(=O)C1CCCCC1C(=O)N1CCCC1. The van der Waals surface area contributed by atoms with E-state index in [1.807, 2.05) is 4.90 Å².